The van der Waals surface area contributed by atoms with E-state index in [1.54, 1.807) is 0 Å². The number of benzene rings is 2. The van der Waals surface area contributed by atoms with E-state index >= 15 is 0 Å². The molecule has 0 bridgehead atoms. The van der Waals surface area contributed by atoms with Crippen molar-refractivity contribution in [2.75, 3.05) is 6.61 Å². The van der Waals surface area contributed by atoms with Gasteiger partial charge in [0.2, 0.25) is 0 Å². The first-order valence-electron chi connectivity index (χ1n) is 13.2. The molecule has 0 saturated carbocycles. The number of pyridine rings is 1. The van der Waals surface area contributed by atoms with Crippen LogP contribution in [0.5, 0.6) is 0 Å². The van der Waals surface area contributed by atoms with Crippen molar-refractivity contribution in [2.24, 2.45) is 0 Å². The van der Waals surface area contributed by atoms with Crippen molar-refractivity contribution in [3.8, 4) is 0 Å². The molecule has 3 heterocycles. The first-order chi connectivity index (χ1) is 17.9. The maximum absolute atomic E-state index is 13.3. The molecule has 0 amide bonds. The zero-order valence-corrected chi connectivity index (χ0v) is 22.2. The van der Waals surface area contributed by atoms with E-state index in [0.717, 1.165) is 53.7 Å². The Hall–Kier alpha value is -3.36. The van der Waals surface area contributed by atoms with Gasteiger partial charge in [-0.05, 0) is 79.1 Å². The van der Waals surface area contributed by atoms with Crippen LogP contribution in [-0.4, -0.2) is 42.8 Å². The number of tetrazole rings is 1. The molecule has 1 fully saturated rings. The van der Waals surface area contributed by atoms with Crippen molar-refractivity contribution in [2.45, 2.75) is 78.7 Å². The molecular weight excluding hydrogens is 464 g/mol. The van der Waals surface area contributed by atoms with Gasteiger partial charge in [-0.3, -0.25) is 9.69 Å². The van der Waals surface area contributed by atoms with Gasteiger partial charge in [0.25, 0.3) is 5.56 Å². The van der Waals surface area contributed by atoms with E-state index in [-0.39, 0.29) is 17.7 Å². The number of aromatic nitrogens is 5. The predicted octanol–water partition coefficient (Wildman–Crippen LogP) is 4.77. The molecule has 1 saturated heterocycles. The Balaban J connectivity index is 1.51. The number of hydrogen-bond donors (Lipinski definition) is 1. The zero-order valence-electron chi connectivity index (χ0n) is 22.2. The number of H-pyrrole nitrogens is 1. The molecule has 2 aromatic heterocycles. The van der Waals surface area contributed by atoms with E-state index < -0.39 is 0 Å². The fourth-order valence-corrected chi connectivity index (χ4v) is 5.44. The highest BCUT2D eigenvalue weighted by Crippen LogP contribution is 2.28. The highest BCUT2D eigenvalue weighted by atomic mass is 16.5. The summed E-state index contributed by atoms with van der Waals surface area (Å²) in [6, 6.07) is 14.8. The van der Waals surface area contributed by atoms with Crippen molar-refractivity contribution in [1.29, 1.82) is 0 Å². The van der Waals surface area contributed by atoms with Gasteiger partial charge in [-0.2, -0.15) is 0 Å². The summed E-state index contributed by atoms with van der Waals surface area (Å²) in [5.41, 5.74) is 6.25. The standard InChI is InChI=1S/C29H36N6O2/c1-5-26(28-31-32-33-35(28)18-25-7-6-12-37-25)34(16-22-10-8-19(2)9-11-22)17-24-15-23-14-20(3)13-21(4)27(23)30-29(24)36/h8-11,13-15,25-26H,5-7,12,16-18H2,1-4H3,(H,30,36)/t25-,26+/m1/s1. The number of aromatic amines is 1. The van der Waals surface area contributed by atoms with Crippen LogP contribution in [-0.2, 0) is 24.4 Å². The van der Waals surface area contributed by atoms with Gasteiger partial charge in [0.05, 0.1) is 24.2 Å². The monoisotopic (exact) mass is 500 g/mol. The van der Waals surface area contributed by atoms with E-state index in [1.165, 1.54) is 16.7 Å². The Bertz CT molecular complexity index is 1420. The maximum Gasteiger partial charge on any atom is 0.252 e. The molecule has 8 nitrogen and oxygen atoms in total. The number of nitrogens with one attached hydrogen (secondary N) is 1. The molecule has 2 aromatic carbocycles. The Kier molecular flexibility index (Phi) is 7.48. The molecule has 0 spiro atoms. The van der Waals surface area contributed by atoms with Gasteiger partial charge < -0.3 is 9.72 Å². The SMILES string of the molecule is CC[C@@H](c1nnnn1C[C@H]1CCCO1)N(Cc1ccc(C)cc1)Cc1cc2cc(C)cc(C)c2[nH]c1=O. The lowest BCUT2D eigenvalue weighted by atomic mass is 10.0. The minimum Gasteiger partial charge on any atom is -0.376 e. The number of fused-ring (bicyclic) bond motifs is 1. The smallest absolute Gasteiger partial charge is 0.252 e. The largest absolute Gasteiger partial charge is 0.376 e. The third-order valence-electron chi connectivity index (χ3n) is 7.34. The molecule has 1 aliphatic heterocycles. The molecule has 0 aliphatic carbocycles. The molecule has 37 heavy (non-hydrogen) atoms. The quantitative estimate of drug-likeness (QED) is 0.356. The number of aryl methyl sites for hydroxylation is 3. The van der Waals surface area contributed by atoms with Crippen LogP contribution >= 0.6 is 0 Å². The summed E-state index contributed by atoms with van der Waals surface area (Å²) in [7, 11) is 0. The fourth-order valence-electron chi connectivity index (χ4n) is 5.44. The van der Waals surface area contributed by atoms with Crippen LogP contribution in [0.4, 0.5) is 0 Å². The van der Waals surface area contributed by atoms with Crippen molar-refractivity contribution in [3.63, 3.8) is 0 Å². The van der Waals surface area contributed by atoms with E-state index in [1.807, 2.05) is 17.7 Å². The average molecular weight is 501 g/mol. The van der Waals surface area contributed by atoms with Crippen molar-refractivity contribution < 1.29 is 4.74 Å². The van der Waals surface area contributed by atoms with Gasteiger partial charge >= 0.3 is 0 Å². The molecule has 8 heteroatoms. The van der Waals surface area contributed by atoms with Crippen LogP contribution in [0.15, 0.2) is 47.3 Å². The summed E-state index contributed by atoms with van der Waals surface area (Å²) in [4.78, 5) is 18.7. The second kappa shape index (κ2) is 10.9. The minimum absolute atomic E-state index is 0.0536. The Morgan fingerprint density at radius 1 is 1.11 bits per heavy atom. The second-order valence-electron chi connectivity index (χ2n) is 10.3. The normalized spacial score (nSPS) is 16.6. The van der Waals surface area contributed by atoms with E-state index in [2.05, 4.69) is 82.6 Å². The minimum atomic E-state index is -0.0629. The van der Waals surface area contributed by atoms with E-state index in [0.29, 0.717) is 19.6 Å². The highest BCUT2D eigenvalue weighted by Gasteiger charge is 2.28. The van der Waals surface area contributed by atoms with Crippen molar-refractivity contribution >= 4 is 10.9 Å². The van der Waals surface area contributed by atoms with Gasteiger partial charge in [0.15, 0.2) is 5.82 Å². The number of hydrogen-bond acceptors (Lipinski definition) is 6. The summed E-state index contributed by atoms with van der Waals surface area (Å²) < 4.78 is 7.75. The van der Waals surface area contributed by atoms with Gasteiger partial charge in [0, 0.05) is 25.3 Å². The summed E-state index contributed by atoms with van der Waals surface area (Å²) >= 11 is 0. The van der Waals surface area contributed by atoms with Gasteiger partial charge in [-0.1, -0.05) is 48.4 Å². The molecule has 2 atom stereocenters. The first-order valence-corrected chi connectivity index (χ1v) is 13.2. The van der Waals surface area contributed by atoms with Crippen molar-refractivity contribution in [1.82, 2.24) is 30.1 Å². The van der Waals surface area contributed by atoms with E-state index in [4.69, 9.17) is 4.74 Å². The van der Waals surface area contributed by atoms with Gasteiger partial charge in [-0.25, -0.2) is 4.68 Å². The Labute approximate surface area is 217 Å². The first kappa shape index (κ1) is 25.3. The lowest BCUT2D eigenvalue weighted by Crippen LogP contribution is -2.33. The molecular formula is C29H36N6O2. The number of rotatable bonds is 9. The van der Waals surface area contributed by atoms with Gasteiger partial charge in [-0.15, -0.1) is 5.10 Å². The lowest BCUT2D eigenvalue weighted by Gasteiger charge is -2.30. The summed E-state index contributed by atoms with van der Waals surface area (Å²) in [6.45, 7) is 11.0. The number of ether oxygens (including phenoxy) is 1. The predicted molar refractivity (Wildman–Crippen MR) is 144 cm³/mol. The molecule has 4 aromatic rings. The molecule has 1 aliphatic rings. The fraction of sp³-hybridized carbons (Fsp3) is 0.448. The Morgan fingerprint density at radius 2 is 1.92 bits per heavy atom. The third kappa shape index (κ3) is 5.65. The molecule has 0 radical (unpaired) electrons. The summed E-state index contributed by atoms with van der Waals surface area (Å²) in [5, 5.41) is 13.9. The maximum atomic E-state index is 13.3. The topological polar surface area (TPSA) is 88.9 Å². The third-order valence-corrected chi connectivity index (χ3v) is 7.34. The lowest BCUT2D eigenvalue weighted by molar-refractivity contribution is 0.0888. The van der Waals surface area contributed by atoms with E-state index in [9.17, 15) is 4.79 Å². The van der Waals surface area contributed by atoms with Crippen LogP contribution in [0, 0.1) is 20.8 Å². The van der Waals surface area contributed by atoms with Gasteiger partial charge in [0.1, 0.15) is 0 Å². The molecule has 5 rings (SSSR count). The van der Waals surface area contributed by atoms with Crippen LogP contribution in [0.3, 0.4) is 0 Å². The van der Waals surface area contributed by atoms with Crippen LogP contribution < -0.4 is 5.56 Å². The average Bonchev–Trinajstić information content (AvgIpc) is 3.55. The molecule has 194 valence electrons. The summed E-state index contributed by atoms with van der Waals surface area (Å²) in [6.07, 6.45) is 3.04. The van der Waals surface area contributed by atoms with Crippen LogP contribution in [0.25, 0.3) is 10.9 Å². The zero-order chi connectivity index (χ0) is 25.9. The van der Waals surface area contributed by atoms with Crippen molar-refractivity contribution in [3.05, 3.63) is 86.5 Å². The summed E-state index contributed by atoms with van der Waals surface area (Å²) in [5.74, 6) is 0.814. The Morgan fingerprint density at radius 3 is 2.65 bits per heavy atom. The van der Waals surface area contributed by atoms with Crippen LogP contribution in [0.1, 0.15) is 65.9 Å². The number of nitrogens with zero attached hydrogens (tertiary/aromatic N) is 5. The highest BCUT2D eigenvalue weighted by molar-refractivity contribution is 5.82. The van der Waals surface area contributed by atoms with Crippen LogP contribution in [0.2, 0.25) is 0 Å². The second-order valence-corrected chi connectivity index (χ2v) is 10.3. The molecule has 1 N–H and O–H groups in total. The molecule has 0 unspecified atom stereocenters.